The van der Waals surface area contributed by atoms with Crippen LogP contribution in [0.4, 0.5) is 0 Å². The molecule has 3 nitrogen and oxygen atoms in total. The maximum atomic E-state index is 5.47. The predicted molar refractivity (Wildman–Crippen MR) is 68.9 cm³/mol. The fourth-order valence-corrected chi connectivity index (χ4v) is 2.79. The van der Waals surface area contributed by atoms with Gasteiger partial charge in [0.2, 0.25) is 0 Å². The first-order valence-electron chi connectivity index (χ1n) is 5.75. The molecule has 0 amide bonds. The third-order valence-electron chi connectivity index (χ3n) is 3.17. The Labute approximate surface area is 108 Å². The van der Waals surface area contributed by atoms with Gasteiger partial charge in [0.25, 0.3) is 0 Å². The summed E-state index contributed by atoms with van der Waals surface area (Å²) in [6.45, 7) is 4.10. The van der Waals surface area contributed by atoms with Crippen molar-refractivity contribution < 1.29 is 4.52 Å². The van der Waals surface area contributed by atoms with E-state index in [1.165, 1.54) is 12.8 Å². The van der Waals surface area contributed by atoms with Gasteiger partial charge in [0.05, 0.1) is 4.47 Å². The molecule has 0 aliphatic heterocycles. The molecule has 4 heteroatoms. The molecule has 0 N–H and O–H groups in total. The third-order valence-corrected chi connectivity index (χ3v) is 3.94. The standard InChI is InChI=1S/C13H13BrN2O/c1-7-5-15-6-8(2)10(7)12-11(14)13(17-16-12)9-3-4-9/h5-6,9H,3-4H2,1-2H3. The lowest BCUT2D eigenvalue weighted by atomic mass is 10.0. The van der Waals surface area contributed by atoms with Gasteiger partial charge in [-0.2, -0.15) is 0 Å². The number of aromatic nitrogens is 2. The van der Waals surface area contributed by atoms with Gasteiger partial charge in [-0.3, -0.25) is 4.98 Å². The van der Waals surface area contributed by atoms with Crippen LogP contribution in [0.2, 0.25) is 0 Å². The summed E-state index contributed by atoms with van der Waals surface area (Å²) in [5.41, 5.74) is 4.29. The van der Waals surface area contributed by atoms with Crippen molar-refractivity contribution >= 4 is 15.9 Å². The second kappa shape index (κ2) is 3.95. The number of rotatable bonds is 2. The van der Waals surface area contributed by atoms with E-state index in [-0.39, 0.29) is 0 Å². The Balaban J connectivity index is 2.15. The van der Waals surface area contributed by atoms with Crippen molar-refractivity contribution in [1.82, 2.24) is 10.1 Å². The van der Waals surface area contributed by atoms with Gasteiger partial charge in [-0.05, 0) is 53.7 Å². The van der Waals surface area contributed by atoms with Crippen molar-refractivity contribution in [3.63, 3.8) is 0 Å². The van der Waals surface area contributed by atoms with Gasteiger partial charge in [0, 0.05) is 23.9 Å². The second-order valence-electron chi connectivity index (χ2n) is 4.63. The van der Waals surface area contributed by atoms with Crippen molar-refractivity contribution in [3.8, 4) is 11.3 Å². The summed E-state index contributed by atoms with van der Waals surface area (Å²) in [6, 6.07) is 0. The van der Waals surface area contributed by atoms with E-state index < -0.39 is 0 Å². The lowest BCUT2D eigenvalue weighted by Gasteiger charge is -2.05. The number of pyridine rings is 1. The Bertz CT molecular complexity index is 553. The first kappa shape index (κ1) is 11.0. The van der Waals surface area contributed by atoms with Gasteiger partial charge in [-0.1, -0.05) is 5.16 Å². The summed E-state index contributed by atoms with van der Waals surface area (Å²) < 4.78 is 6.48. The van der Waals surface area contributed by atoms with Crippen LogP contribution in [-0.2, 0) is 0 Å². The van der Waals surface area contributed by atoms with Gasteiger partial charge in [-0.15, -0.1) is 0 Å². The minimum atomic E-state index is 0.563. The van der Waals surface area contributed by atoms with Crippen LogP contribution in [0.3, 0.4) is 0 Å². The molecule has 0 unspecified atom stereocenters. The van der Waals surface area contributed by atoms with Crippen LogP contribution in [0.1, 0.15) is 35.6 Å². The highest BCUT2D eigenvalue weighted by Gasteiger charge is 2.32. The second-order valence-corrected chi connectivity index (χ2v) is 5.42. The van der Waals surface area contributed by atoms with Gasteiger partial charge in [0.15, 0.2) is 5.76 Å². The van der Waals surface area contributed by atoms with Crippen LogP contribution in [-0.4, -0.2) is 10.1 Å². The normalized spacial score (nSPS) is 15.2. The molecule has 1 fully saturated rings. The lowest BCUT2D eigenvalue weighted by molar-refractivity contribution is 0.385. The van der Waals surface area contributed by atoms with Crippen molar-refractivity contribution in [2.75, 3.05) is 0 Å². The molecule has 0 spiro atoms. The molecule has 0 atom stereocenters. The molecule has 2 heterocycles. The van der Waals surface area contributed by atoms with Crippen LogP contribution in [0.25, 0.3) is 11.3 Å². The molecule has 3 rings (SSSR count). The van der Waals surface area contributed by atoms with Crippen molar-refractivity contribution in [2.24, 2.45) is 0 Å². The van der Waals surface area contributed by atoms with Crippen LogP contribution >= 0.6 is 15.9 Å². The first-order chi connectivity index (χ1) is 8.18. The van der Waals surface area contributed by atoms with E-state index in [0.717, 1.165) is 32.6 Å². The van der Waals surface area contributed by atoms with E-state index in [0.29, 0.717) is 5.92 Å². The molecule has 2 aromatic heterocycles. The van der Waals surface area contributed by atoms with Gasteiger partial charge < -0.3 is 4.52 Å². The molecule has 1 aliphatic carbocycles. The number of halogens is 1. The Hall–Kier alpha value is -1.16. The fraction of sp³-hybridized carbons (Fsp3) is 0.385. The Kier molecular flexibility index (Phi) is 2.54. The molecule has 0 aromatic carbocycles. The smallest absolute Gasteiger partial charge is 0.154 e. The number of hydrogen-bond acceptors (Lipinski definition) is 3. The van der Waals surface area contributed by atoms with Crippen molar-refractivity contribution in [2.45, 2.75) is 32.6 Å². The van der Waals surface area contributed by atoms with Gasteiger partial charge >= 0.3 is 0 Å². The molecule has 0 saturated heterocycles. The number of aryl methyl sites for hydroxylation is 2. The lowest BCUT2D eigenvalue weighted by Crippen LogP contribution is -1.90. The average Bonchev–Trinajstić information content (AvgIpc) is 3.05. The molecule has 88 valence electrons. The Morgan fingerprint density at radius 3 is 2.47 bits per heavy atom. The summed E-state index contributed by atoms with van der Waals surface area (Å²) in [4.78, 5) is 4.18. The highest BCUT2D eigenvalue weighted by molar-refractivity contribution is 9.10. The third kappa shape index (κ3) is 1.80. The minimum absolute atomic E-state index is 0.563. The van der Waals surface area contributed by atoms with Crippen molar-refractivity contribution in [3.05, 3.63) is 33.8 Å². The highest BCUT2D eigenvalue weighted by atomic mass is 79.9. The van der Waals surface area contributed by atoms with E-state index in [9.17, 15) is 0 Å². The monoisotopic (exact) mass is 292 g/mol. The summed E-state index contributed by atoms with van der Waals surface area (Å²) in [5.74, 6) is 1.56. The minimum Gasteiger partial charge on any atom is -0.359 e. The maximum absolute atomic E-state index is 5.47. The highest BCUT2D eigenvalue weighted by Crippen LogP contribution is 2.46. The number of nitrogens with zero attached hydrogens (tertiary/aromatic N) is 2. The average molecular weight is 293 g/mol. The summed E-state index contributed by atoms with van der Waals surface area (Å²) in [5, 5.41) is 4.22. The van der Waals surface area contributed by atoms with Crippen molar-refractivity contribution in [1.29, 1.82) is 0 Å². The zero-order valence-corrected chi connectivity index (χ0v) is 11.4. The predicted octanol–water partition coefficient (Wildman–Crippen LogP) is 3.99. The maximum Gasteiger partial charge on any atom is 0.154 e. The zero-order valence-electron chi connectivity index (χ0n) is 9.83. The fourth-order valence-electron chi connectivity index (χ4n) is 2.12. The molecular weight excluding hydrogens is 280 g/mol. The quantitative estimate of drug-likeness (QED) is 0.840. The summed E-state index contributed by atoms with van der Waals surface area (Å²) in [7, 11) is 0. The van der Waals surface area contributed by atoms with E-state index in [1.807, 2.05) is 26.2 Å². The van der Waals surface area contributed by atoms with Crippen LogP contribution in [0.15, 0.2) is 21.4 Å². The largest absolute Gasteiger partial charge is 0.359 e. The van der Waals surface area contributed by atoms with Gasteiger partial charge in [0.1, 0.15) is 5.69 Å². The van der Waals surface area contributed by atoms with Gasteiger partial charge in [-0.25, -0.2) is 0 Å². The van der Waals surface area contributed by atoms with E-state index in [1.54, 1.807) is 0 Å². The molecule has 17 heavy (non-hydrogen) atoms. The van der Waals surface area contributed by atoms with Crippen LogP contribution in [0.5, 0.6) is 0 Å². The summed E-state index contributed by atoms with van der Waals surface area (Å²) in [6.07, 6.45) is 6.14. The summed E-state index contributed by atoms with van der Waals surface area (Å²) >= 11 is 3.62. The van der Waals surface area contributed by atoms with Crippen LogP contribution < -0.4 is 0 Å². The molecule has 0 bridgehead atoms. The molecule has 1 aliphatic rings. The Morgan fingerprint density at radius 2 is 1.88 bits per heavy atom. The first-order valence-corrected chi connectivity index (χ1v) is 6.54. The Morgan fingerprint density at radius 1 is 1.24 bits per heavy atom. The zero-order chi connectivity index (χ0) is 12.0. The van der Waals surface area contributed by atoms with E-state index in [4.69, 9.17) is 4.52 Å². The molecule has 0 radical (unpaired) electrons. The molecule has 2 aromatic rings. The van der Waals surface area contributed by atoms with E-state index in [2.05, 4.69) is 26.1 Å². The number of hydrogen-bond donors (Lipinski definition) is 0. The van der Waals surface area contributed by atoms with E-state index >= 15 is 0 Å². The SMILES string of the molecule is Cc1cncc(C)c1-c1noc(C2CC2)c1Br. The molecular formula is C13H13BrN2O. The van der Waals surface area contributed by atoms with Crippen LogP contribution in [0, 0.1) is 13.8 Å². The topological polar surface area (TPSA) is 38.9 Å². The molecule has 1 saturated carbocycles.